The molecular weight excluding hydrogens is 412 g/mol. The molecule has 5 heteroatoms. The number of nitrogens with zero attached hydrogens (tertiary/aromatic N) is 1. The predicted octanol–water partition coefficient (Wildman–Crippen LogP) is 7.04. The molecule has 1 rings (SSSR count). The molecule has 1 fully saturated rings. The molecule has 0 radical (unpaired) electrons. The lowest BCUT2D eigenvalue weighted by atomic mass is 10.0. The number of carboxylic acids is 1. The van der Waals surface area contributed by atoms with Crippen molar-refractivity contribution in [2.75, 3.05) is 6.54 Å². The maximum Gasteiger partial charge on any atom is 0.335 e. The summed E-state index contributed by atoms with van der Waals surface area (Å²) in [5, 5.41) is 17.0. The van der Waals surface area contributed by atoms with Crippen LogP contribution in [0.2, 0.25) is 0 Å². The van der Waals surface area contributed by atoms with E-state index in [0.29, 0.717) is 29.9 Å². The van der Waals surface area contributed by atoms with Crippen LogP contribution in [0.5, 0.6) is 0 Å². The van der Waals surface area contributed by atoms with Crippen LogP contribution in [0.3, 0.4) is 0 Å². The molecule has 33 heavy (non-hydrogen) atoms. The van der Waals surface area contributed by atoms with E-state index in [2.05, 4.69) is 56.4 Å². The van der Waals surface area contributed by atoms with E-state index in [4.69, 9.17) is 4.84 Å². The zero-order valence-corrected chi connectivity index (χ0v) is 21.9. The van der Waals surface area contributed by atoms with Crippen molar-refractivity contribution in [3.63, 3.8) is 0 Å². The summed E-state index contributed by atoms with van der Waals surface area (Å²) in [6.45, 7) is 15.1. The Balaban J connectivity index is 2.44. The Morgan fingerprint density at radius 2 is 1.70 bits per heavy atom. The first-order valence-corrected chi connectivity index (χ1v) is 12.5. The normalized spacial score (nSPS) is 17.4. The van der Waals surface area contributed by atoms with Crippen molar-refractivity contribution < 1.29 is 14.7 Å². The van der Waals surface area contributed by atoms with Gasteiger partial charge in [-0.3, -0.25) is 0 Å². The van der Waals surface area contributed by atoms with Gasteiger partial charge >= 0.3 is 5.97 Å². The Kier molecular flexibility index (Phi) is 13.7. The van der Waals surface area contributed by atoms with Gasteiger partial charge in [-0.2, -0.15) is 0 Å². The van der Waals surface area contributed by atoms with Gasteiger partial charge in [0.2, 0.25) is 0 Å². The molecule has 0 heterocycles. The summed E-state index contributed by atoms with van der Waals surface area (Å²) in [5.74, 6) is 1.79. The second-order valence-electron chi connectivity index (χ2n) is 9.93. The molecule has 0 aromatic heterocycles. The van der Waals surface area contributed by atoms with Gasteiger partial charge < -0.3 is 15.3 Å². The standard InChI is InChI=1S/C28H46N2O3/c1-20(2)10-8-12-26(28(31)32)23(6)18-19-29-24(7)15-14-22(5)11-9-13-27(25-16-17-25)33-30-21(3)4/h12-15,18,20,22,24-25,29H,8-11,16-17,19H2,1-7H3,(H,31,32)/b15-14?,23-18-,26-12+,27-13+. The molecule has 0 amide bonds. The maximum atomic E-state index is 11.6. The quantitative estimate of drug-likeness (QED) is 0.0650. The molecular formula is C28H46N2O3. The number of aliphatic carboxylic acids is 1. The first-order chi connectivity index (χ1) is 15.6. The Morgan fingerprint density at radius 1 is 1.03 bits per heavy atom. The van der Waals surface area contributed by atoms with Crippen molar-refractivity contribution >= 4 is 11.7 Å². The average molecular weight is 459 g/mol. The van der Waals surface area contributed by atoms with Gasteiger partial charge in [0.1, 0.15) is 5.76 Å². The van der Waals surface area contributed by atoms with E-state index in [1.54, 1.807) is 0 Å². The summed E-state index contributed by atoms with van der Waals surface area (Å²) < 4.78 is 0. The van der Waals surface area contributed by atoms with E-state index in [-0.39, 0.29) is 6.04 Å². The summed E-state index contributed by atoms with van der Waals surface area (Å²) in [6.07, 6.45) is 16.7. The lowest BCUT2D eigenvalue weighted by Crippen LogP contribution is -2.24. The molecule has 1 aliphatic rings. The minimum atomic E-state index is -0.852. The third kappa shape index (κ3) is 13.9. The number of hydrogen-bond donors (Lipinski definition) is 2. The number of oxime groups is 1. The fourth-order valence-electron chi connectivity index (χ4n) is 3.29. The van der Waals surface area contributed by atoms with Crippen LogP contribution in [-0.4, -0.2) is 29.4 Å². The van der Waals surface area contributed by atoms with Gasteiger partial charge in [0, 0.05) is 18.5 Å². The average Bonchev–Trinajstić information content (AvgIpc) is 3.56. The van der Waals surface area contributed by atoms with Crippen molar-refractivity contribution in [3.05, 3.63) is 47.3 Å². The molecule has 2 unspecified atom stereocenters. The molecule has 0 aromatic carbocycles. The lowest BCUT2D eigenvalue weighted by molar-refractivity contribution is -0.132. The van der Waals surface area contributed by atoms with Crippen LogP contribution >= 0.6 is 0 Å². The van der Waals surface area contributed by atoms with Gasteiger partial charge in [-0.1, -0.05) is 50.2 Å². The topological polar surface area (TPSA) is 70.9 Å². The van der Waals surface area contributed by atoms with E-state index in [1.807, 2.05) is 32.9 Å². The lowest BCUT2D eigenvalue weighted by Gasteiger charge is -2.11. The van der Waals surface area contributed by atoms with Crippen LogP contribution in [0, 0.1) is 17.8 Å². The second-order valence-corrected chi connectivity index (χ2v) is 9.93. The zero-order valence-electron chi connectivity index (χ0n) is 21.9. The van der Waals surface area contributed by atoms with Gasteiger partial charge in [0.25, 0.3) is 0 Å². The van der Waals surface area contributed by atoms with Crippen LogP contribution in [0.25, 0.3) is 0 Å². The molecule has 2 atom stereocenters. The van der Waals surface area contributed by atoms with Crippen molar-refractivity contribution in [1.82, 2.24) is 5.32 Å². The van der Waals surface area contributed by atoms with Crippen molar-refractivity contribution in [3.8, 4) is 0 Å². The number of nitrogens with one attached hydrogen (secondary N) is 1. The molecule has 0 spiro atoms. The summed E-state index contributed by atoms with van der Waals surface area (Å²) in [4.78, 5) is 17.2. The van der Waals surface area contributed by atoms with Gasteiger partial charge in [-0.25, -0.2) is 4.79 Å². The molecule has 0 aliphatic heterocycles. The van der Waals surface area contributed by atoms with Gasteiger partial charge in [-0.15, -0.1) is 0 Å². The largest absolute Gasteiger partial charge is 0.478 e. The minimum absolute atomic E-state index is 0.220. The molecule has 0 aromatic rings. The summed E-state index contributed by atoms with van der Waals surface area (Å²) >= 11 is 0. The van der Waals surface area contributed by atoms with Crippen LogP contribution in [0.1, 0.15) is 87.0 Å². The minimum Gasteiger partial charge on any atom is -0.478 e. The zero-order chi connectivity index (χ0) is 24.8. The van der Waals surface area contributed by atoms with Gasteiger partial charge in [0.05, 0.1) is 11.3 Å². The maximum absolute atomic E-state index is 11.6. The van der Waals surface area contributed by atoms with E-state index >= 15 is 0 Å². The molecule has 0 bridgehead atoms. The summed E-state index contributed by atoms with van der Waals surface area (Å²) in [5.41, 5.74) is 2.16. The Hall–Kier alpha value is -2.14. The van der Waals surface area contributed by atoms with Crippen LogP contribution in [-0.2, 0) is 9.63 Å². The van der Waals surface area contributed by atoms with E-state index in [0.717, 1.165) is 42.7 Å². The second kappa shape index (κ2) is 15.7. The number of rotatable bonds is 16. The number of carboxylic acid groups (broad SMARTS) is 1. The van der Waals surface area contributed by atoms with Crippen LogP contribution in [0.15, 0.2) is 52.4 Å². The molecule has 1 saturated carbocycles. The van der Waals surface area contributed by atoms with Crippen molar-refractivity contribution in [2.24, 2.45) is 22.9 Å². The number of hydrogen-bond acceptors (Lipinski definition) is 4. The smallest absolute Gasteiger partial charge is 0.335 e. The van der Waals surface area contributed by atoms with Gasteiger partial charge in [-0.05, 0) is 89.7 Å². The highest BCUT2D eigenvalue weighted by Gasteiger charge is 2.28. The molecule has 5 nitrogen and oxygen atoms in total. The van der Waals surface area contributed by atoms with Crippen molar-refractivity contribution in [2.45, 2.75) is 93.0 Å². The highest BCUT2D eigenvalue weighted by Crippen LogP contribution is 2.37. The fourth-order valence-corrected chi connectivity index (χ4v) is 3.29. The van der Waals surface area contributed by atoms with E-state index < -0.39 is 5.97 Å². The Morgan fingerprint density at radius 3 is 2.27 bits per heavy atom. The molecule has 1 aliphatic carbocycles. The third-order valence-electron chi connectivity index (χ3n) is 5.60. The summed E-state index contributed by atoms with van der Waals surface area (Å²) in [6, 6.07) is 0.220. The molecule has 2 N–H and O–H groups in total. The highest BCUT2D eigenvalue weighted by atomic mass is 16.6. The van der Waals surface area contributed by atoms with Crippen LogP contribution in [0.4, 0.5) is 0 Å². The van der Waals surface area contributed by atoms with Crippen LogP contribution < -0.4 is 5.32 Å². The SMILES string of the molecule is CC(C)=NO/C(=C/CCC(C)C=CC(C)NC/C=C(C)\C(=C/CCC(C)C)C(=O)O)C1CC1. The predicted molar refractivity (Wildman–Crippen MR) is 139 cm³/mol. The third-order valence-corrected chi connectivity index (χ3v) is 5.60. The van der Waals surface area contributed by atoms with Crippen molar-refractivity contribution in [1.29, 1.82) is 0 Å². The number of allylic oxidation sites excluding steroid dienone is 4. The molecule has 0 saturated heterocycles. The fraction of sp³-hybridized carbons (Fsp3) is 0.643. The first-order valence-electron chi connectivity index (χ1n) is 12.5. The van der Waals surface area contributed by atoms with E-state index in [1.165, 1.54) is 12.8 Å². The first kappa shape index (κ1) is 28.9. The Labute approximate surface area is 201 Å². The Bertz CT molecular complexity index is 751. The molecule has 186 valence electrons. The summed E-state index contributed by atoms with van der Waals surface area (Å²) in [7, 11) is 0. The highest BCUT2D eigenvalue weighted by molar-refractivity contribution is 5.91. The monoisotopic (exact) mass is 458 g/mol. The number of carbonyl (C=O) groups is 1. The van der Waals surface area contributed by atoms with E-state index in [9.17, 15) is 9.90 Å². The van der Waals surface area contributed by atoms with Gasteiger partial charge in [0.15, 0.2) is 0 Å².